The number of carbonyl (C=O) groups excluding carboxylic acids is 1. The Hall–Kier alpha value is -1.60. The third kappa shape index (κ3) is 4.69. The van der Waals surface area contributed by atoms with E-state index in [0.29, 0.717) is 25.9 Å². The topological polar surface area (TPSA) is 57.7 Å². The number of sulfonamides is 1. The smallest absolute Gasteiger partial charge is 0.246 e. The van der Waals surface area contributed by atoms with Gasteiger partial charge in [0.05, 0.1) is 10.0 Å². The molecule has 0 unspecified atom stereocenters. The molecule has 0 aromatic heterocycles. The predicted octanol–water partition coefficient (Wildman–Crippen LogP) is 3.77. The van der Waals surface area contributed by atoms with Gasteiger partial charge in [-0.3, -0.25) is 4.79 Å². The lowest BCUT2D eigenvalue weighted by Crippen LogP contribution is -2.50. The van der Waals surface area contributed by atoms with Crippen molar-refractivity contribution in [2.24, 2.45) is 0 Å². The molecule has 0 bridgehead atoms. The summed E-state index contributed by atoms with van der Waals surface area (Å²) in [5, 5.41) is 0.202. The maximum Gasteiger partial charge on any atom is 0.246 e. The van der Waals surface area contributed by atoms with Gasteiger partial charge in [0, 0.05) is 32.6 Å². The average Bonchev–Trinajstić information content (AvgIpc) is 2.67. The third-order valence-electron chi connectivity index (χ3n) is 4.86. The molecule has 150 valence electrons. The van der Waals surface area contributed by atoms with E-state index in [0.717, 1.165) is 5.56 Å². The molecular formula is C20H22Cl2N2O3S. The molecule has 1 heterocycles. The monoisotopic (exact) mass is 440 g/mol. The molecule has 1 aliphatic heterocycles. The fourth-order valence-electron chi connectivity index (χ4n) is 3.20. The number of piperazine rings is 1. The Morgan fingerprint density at radius 2 is 1.54 bits per heavy atom. The molecule has 5 nitrogen and oxygen atoms in total. The summed E-state index contributed by atoms with van der Waals surface area (Å²) in [6, 6.07) is 12.7. The first-order valence-corrected chi connectivity index (χ1v) is 11.3. The Bertz CT molecular complexity index is 934. The van der Waals surface area contributed by atoms with E-state index in [1.54, 1.807) is 11.0 Å². The summed E-state index contributed by atoms with van der Waals surface area (Å²) in [7, 11) is -3.80. The van der Waals surface area contributed by atoms with Crippen LogP contribution in [-0.2, 0) is 21.2 Å². The van der Waals surface area contributed by atoms with Crippen LogP contribution in [0.2, 0.25) is 10.0 Å². The maximum absolute atomic E-state index is 12.9. The Labute approximate surface area is 175 Å². The summed E-state index contributed by atoms with van der Waals surface area (Å²) >= 11 is 12.1. The van der Waals surface area contributed by atoms with Gasteiger partial charge in [0.25, 0.3) is 0 Å². The second-order valence-corrected chi connectivity index (χ2v) is 9.51. The number of amides is 1. The van der Waals surface area contributed by atoms with Crippen molar-refractivity contribution in [2.45, 2.75) is 24.7 Å². The van der Waals surface area contributed by atoms with Crippen LogP contribution in [0, 0.1) is 6.92 Å². The molecule has 0 spiro atoms. The first kappa shape index (κ1) is 21.1. The van der Waals surface area contributed by atoms with Gasteiger partial charge in [0.15, 0.2) is 0 Å². The van der Waals surface area contributed by atoms with E-state index < -0.39 is 10.0 Å². The maximum atomic E-state index is 12.9. The lowest BCUT2D eigenvalue weighted by atomic mass is 10.1. The number of benzene rings is 2. The highest BCUT2D eigenvalue weighted by Crippen LogP contribution is 2.31. The first-order valence-electron chi connectivity index (χ1n) is 9.06. The van der Waals surface area contributed by atoms with Crippen LogP contribution in [0.15, 0.2) is 47.4 Å². The van der Waals surface area contributed by atoms with E-state index in [-0.39, 0.29) is 33.9 Å². The largest absolute Gasteiger partial charge is 0.340 e. The minimum atomic E-state index is -3.80. The van der Waals surface area contributed by atoms with Crippen LogP contribution >= 0.6 is 23.2 Å². The zero-order valence-electron chi connectivity index (χ0n) is 15.6. The van der Waals surface area contributed by atoms with Gasteiger partial charge < -0.3 is 4.90 Å². The molecule has 0 radical (unpaired) electrons. The lowest BCUT2D eigenvalue weighted by molar-refractivity contribution is -0.132. The van der Waals surface area contributed by atoms with Gasteiger partial charge in [-0.05, 0) is 31.0 Å². The molecule has 1 aliphatic rings. The SMILES string of the molecule is Cc1ccc(CCC(=O)N2CCN(S(=O)(=O)c3c(Cl)cccc3Cl)CC2)cc1. The van der Waals surface area contributed by atoms with Crippen molar-refractivity contribution in [3.05, 3.63) is 63.6 Å². The number of hydrogen-bond donors (Lipinski definition) is 0. The first-order chi connectivity index (χ1) is 13.3. The highest BCUT2D eigenvalue weighted by atomic mass is 35.5. The van der Waals surface area contributed by atoms with Gasteiger partial charge in [-0.25, -0.2) is 8.42 Å². The quantitative estimate of drug-likeness (QED) is 0.710. The van der Waals surface area contributed by atoms with Crippen molar-refractivity contribution in [1.82, 2.24) is 9.21 Å². The fourth-order valence-corrected chi connectivity index (χ4v) is 5.71. The lowest BCUT2D eigenvalue weighted by Gasteiger charge is -2.34. The summed E-state index contributed by atoms with van der Waals surface area (Å²) in [4.78, 5) is 14.1. The van der Waals surface area contributed by atoms with Crippen LogP contribution in [0.5, 0.6) is 0 Å². The molecule has 1 amide bonds. The van der Waals surface area contributed by atoms with Gasteiger partial charge in [-0.1, -0.05) is 59.1 Å². The number of carbonyl (C=O) groups is 1. The molecule has 8 heteroatoms. The van der Waals surface area contributed by atoms with Crippen LogP contribution in [0.4, 0.5) is 0 Å². The standard InChI is InChI=1S/C20H22Cl2N2O3S/c1-15-5-7-16(8-6-15)9-10-19(25)23-11-13-24(14-12-23)28(26,27)20-17(21)3-2-4-18(20)22/h2-8H,9-14H2,1H3. The molecule has 0 atom stereocenters. The van der Waals surface area contributed by atoms with Crippen molar-refractivity contribution in [1.29, 1.82) is 0 Å². The Morgan fingerprint density at radius 3 is 2.11 bits per heavy atom. The molecule has 2 aromatic rings. The van der Waals surface area contributed by atoms with Gasteiger partial charge >= 0.3 is 0 Å². The number of nitrogens with zero attached hydrogens (tertiary/aromatic N) is 2. The van der Waals surface area contributed by atoms with E-state index >= 15 is 0 Å². The molecule has 3 rings (SSSR count). The van der Waals surface area contributed by atoms with Crippen LogP contribution in [0.3, 0.4) is 0 Å². The highest BCUT2D eigenvalue weighted by Gasteiger charge is 2.32. The van der Waals surface area contributed by atoms with Crippen molar-refractivity contribution in [3.8, 4) is 0 Å². The van der Waals surface area contributed by atoms with Crippen LogP contribution in [0.1, 0.15) is 17.5 Å². The van der Waals surface area contributed by atoms with E-state index in [4.69, 9.17) is 23.2 Å². The summed E-state index contributed by atoms with van der Waals surface area (Å²) in [5.74, 6) is 0.0356. The molecule has 2 aromatic carbocycles. The van der Waals surface area contributed by atoms with Gasteiger partial charge in [0.1, 0.15) is 4.90 Å². The summed E-state index contributed by atoms with van der Waals surface area (Å²) in [6.45, 7) is 3.18. The Morgan fingerprint density at radius 1 is 0.964 bits per heavy atom. The summed E-state index contributed by atoms with van der Waals surface area (Å²) < 4.78 is 27.1. The van der Waals surface area contributed by atoms with E-state index in [1.807, 2.05) is 31.2 Å². The minimum Gasteiger partial charge on any atom is -0.340 e. The van der Waals surface area contributed by atoms with Crippen molar-refractivity contribution >= 4 is 39.1 Å². The molecule has 28 heavy (non-hydrogen) atoms. The number of rotatable bonds is 5. The van der Waals surface area contributed by atoms with Crippen LogP contribution in [0.25, 0.3) is 0 Å². The van der Waals surface area contributed by atoms with E-state index in [9.17, 15) is 13.2 Å². The molecule has 1 saturated heterocycles. The normalized spacial score (nSPS) is 15.6. The van der Waals surface area contributed by atoms with E-state index in [2.05, 4.69) is 0 Å². The third-order valence-corrected chi connectivity index (χ3v) is 7.71. The number of hydrogen-bond acceptors (Lipinski definition) is 3. The molecule has 1 fully saturated rings. The van der Waals surface area contributed by atoms with Gasteiger partial charge in [0.2, 0.25) is 15.9 Å². The van der Waals surface area contributed by atoms with Crippen LogP contribution < -0.4 is 0 Å². The molecule has 0 aliphatic carbocycles. The summed E-state index contributed by atoms with van der Waals surface area (Å²) in [5.41, 5.74) is 2.31. The molecule has 0 N–H and O–H groups in total. The van der Waals surface area contributed by atoms with Gasteiger partial charge in [-0.2, -0.15) is 4.31 Å². The van der Waals surface area contributed by atoms with Crippen molar-refractivity contribution in [2.75, 3.05) is 26.2 Å². The molecular weight excluding hydrogens is 419 g/mol. The molecule has 0 saturated carbocycles. The minimum absolute atomic E-state index is 0.0356. The second kappa shape index (κ2) is 8.82. The highest BCUT2D eigenvalue weighted by molar-refractivity contribution is 7.89. The zero-order chi connectivity index (χ0) is 20.3. The van der Waals surface area contributed by atoms with Crippen molar-refractivity contribution in [3.63, 3.8) is 0 Å². The average molecular weight is 441 g/mol. The van der Waals surface area contributed by atoms with Crippen LogP contribution in [-0.4, -0.2) is 49.7 Å². The fraction of sp³-hybridized carbons (Fsp3) is 0.350. The zero-order valence-corrected chi connectivity index (χ0v) is 17.9. The number of aryl methyl sites for hydroxylation is 2. The van der Waals surface area contributed by atoms with Gasteiger partial charge in [-0.15, -0.1) is 0 Å². The van der Waals surface area contributed by atoms with E-state index in [1.165, 1.54) is 22.0 Å². The van der Waals surface area contributed by atoms with Crippen molar-refractivity contribution < 1.29 is 13.2 Å². The Balaban J connectivity index is 1.59. The number of halogens is 2. The predicted molar refractivity (Wildman–Crippen MR) is 111 cm³/mol. The Kier molecular flexibility index (Phi) is 6.65. The summed E-state index contributed by atoms with van der Waals surface area (Å²) in [6.07, 6.45) is 1.08. The second-order valence-electron chi connectivity index (χ2n) is 6.82.